The predicted octanol–water partition coefficient (Wildman–Crippen LogP) is 1.35. The van der Waals surface area contributed by atoms with E-state index in [4.69, 9.17) is 0 Å². The molecule has 0 spiro atoms. The zero-order valence-electron chi connectivity index (χ0n) is 8.16. The van der Waals surface area contributed by atoms with Crippen LogP contribution in [0.4, 0.5) is 0 Å². The lowest BCUT2D eigenvalue weighted by Crippen LogP contribution is -2.56. The van der Waals surface area contributed by atoms with Crippen LogP contribution in [0.5, 0.6) is 0 Å². The quantitative estimate of drug-likeness (QED) is 0.736. The van der Waals surface area contributed by atoms with Gasteiger partial charge in [0.1, 0.15) is 5.60 Å². The Labute approximate surface area is 84.0 Å². The van der Waals surface area contributed by atoms with E-state index in [0.717, 1.165) is 11.5 Å². The maximum absolute atomic E-state index is 10.1. The van der Waals surface area contributed by atoms with Gasteiger partial charge in [-0.3, -0.25) is 0 Å². The van der Waals surface area contributed by atoms with Crippen molar-refractivity contribution in [1.29, 1.82) is 0 Å². The van der Waals surface area contributed by atoms with Crippen LogP contribution in [-0.2, 0) is 5.60 Å². The Bertz CT molecular complexity index is 336. The van der Waals surface area contributed by atoms with E-state index in [1.807, 2.05) is 0 Å². The number of nitrogens with one attached hydrogen (secondary N) is 1. The molecule has 1 aromatic rings. The molecule has 0 unspecified atom stereocenters. The summed E-state index contributed by atoms with van der Waals surface area (Å²) in [5.74, 6) is 0.804. The lowest BCUT2D eigenvalue weighted by atomic mass is 9.87. The van der Waals surface area contributed by atoms with E-state index in [0.29, 0.717) is 13.1 Å². The molecule has 1 aliphatic heterocycles. The molecule has 74 valence electrons. The molecule has 0 atom stereocenters. The van der Waals surface area contributed by atoms with Gasteiger partial charge in [-0.2, -0.15) is 0 Å². The van der Waals surface area contributed by atoms with Crippen LogP contribution in [0.15, 0.2) is 24.3 Å². The van der Waals surface area contributed by atoms with E-state index in [1.165, 1.54) is 18.4 Å². The van der Waals surface area contributed by atoms with Crippen LogP contribution >= 0.6 is 0 Å². The fourth-order valence-electron chi connectivity index (χ4n) is 2.05. The summed E-state index contributed by atoms with van der Waals surface area (Å²) in [5.41, 5.74) is 1.90. The van der Waals surface area contributed by atoms with E-state index in [1.54, 1.807) is 0 Å². The van der Waals surface area contributed by atoms with Crippen LogP contribution in [0, 0.1) is 0 Å². The van der Waals surface area contributed by atoms with Gasteiger partial charge in [0.15, 0.2) is 0 Å². The van der Waals surface area contributed by atoms with Crippen molar-refractivity contribution in [2.45, 2.75) is 24.4 Å². The molecule has 1 aromatic carbocycles. The van der Waals surface area contributed by atoms with Crippen LogP contribution in [0.1, 0.15) is 29.9 Å². The smallest absolute Gasteiger partial charge is 0.114 e. The summed E-state index contributed by atoms with van der Waals surface area (Å²) in [6, 6.07) is 8.50. The number of hydrogen-bond acceptors (Lipinski definition) is 2. The van der Waals surface area contributed by atoms with Gasteiger partial charge in [-0.15, -0.1) is 0 Å². The van der Waals surface area contributed by atoms with Crippen molar-refractivity contribution in [2.75, 3.05) is 13.1 Å². The molecular weight excluding hydrogens is 174 g/mol. The summed E-state index contributed by atoms with van der Waals surface area (Å²) in [6.07, 6.45) is 2.68. The van der Waals surface area contributed by atoms with Crippen molar-refractivity contribution in [3.05, 3.63) is 35.4 Å². The zero-order chi connectivity index (χ0) is 9.60. The van der Waals surface area contributed by atoms with Gasteiger partial charge in [0.25, 0.3) is 0 Å². The molecule has 1 saturated carbocycles. The molecule has 2 heteroatoms. The number of hydrogen-bond donors (Lipinski definition) is 2. The summed E-state index contributed by atoms with van der Waals surface area (Å²) >= 11 is 0. The minimum atomic E-state index is -0.595. The minimum Gasteiger partial charge on any atom is -0.382 e. The van der Waals surface area contributed by atoms with Gasteiger partial charge in [0.05, 0.1) is 0 Å². The highest BCUT2D eigenvalue weighted by Crippen LogP contribution is 2.40. The molecule has 2 fully saturated rings. The van der Waals surface area contributed by atoms with Crippen LogP contribution in [0.25, 0.3) is 0 Å². The molecule has 3 rings (SSSR count). The van der Waals surface area contributed by atoms with Crippen molar-refractivity contribution in [2.24, 2.45) is 0 Å². The number of benzene rings is 1. The standard InChI is InChI=1S/C12H15NO/c14-12(7-13-8-12)11-5-3-10(4-6-11)9-1-2-9/h3-6,9,13-14H,1-2,7-8H2. The fraction of sp³-hybridized carbons (Fsp3) is 0.500. The molecule has 2 N–H and O–H groups in total. The van der Waals surface area contributed by atoms with E-state index in [-0.39, 0.29) is 0 Å². The number of rotatable bonds is 2. The Balaban J connectivity index is 1.85. The first-order valence-corrected chi connectivity index (χ1v) is 5.31. The SMILES string of the molecule is OC1(c2ccc(C3CC3)cc2)CNC1. The highest BCUT2D eigenvalue weighted by Gasteiger charge is 2.36. The number of aliphatic hydroxyl groups is 1. The summed E-state index contributed by atoms with van der Waals surface area (Å²) in [7, 11) is 0. The highest BCUT2D eigenvalue weighted by atomic mass is 16.3. The highest BCUT2D eigenvalue weighted by molar-refractivity contribution is 5.32. The van der Waals surface area contributed by atoms with Crippen LogP contribution in [-0.4, -0.2) is 18.2 Å². The largest absolute Gasteiger partial charge is 0.382 e. The van der Waals surface area contributed by atoms with Crippen molar-refractivity contribution in [1.82, 2.24) is 5.32 Å². The molecule has 0 bridgehead atoms. The molecule has 0 aromatic heterocycles. The molecule has 0 radical (unpaired) electrons. The second kappa shape index (κ2) is 2.81. The lowest BCUT2D eigenvalue weighted by molar-refractivity contribution is -0.0146. The summed E-state index contributed by atoms with van der Waals surface area (Å²) < 4.78 is 0. The number of β-amino-alcohol motifs (C(OH)–C–C–N with tert-alkyl or cyclic N) is 1. The molecule has 1 saturated heterocycles. The van der Waals surface area contributed by atoms with Crippen LogP contribution < -0.4 is 5.32 Å². The first-order valence-electron chi connectivity index (χ1n) is 5.31. The molecule has 2 aliphatic rings. The third-order valence-corrected chi connectivity index (χ3v) is 3.33. The Hall–Kier alpha value is -0.860. The van der Waals surface area contributed by atoms with Crippen molar-refractivity contribution >= 4 is 0 Å². The molecule has 0 amide bonds. The third-order valence-electron chi connectivity index (χ3n) is 3.33. The average molecular weight is 189 g/mol. The zero-order valence-corrected chi connectivity index (χ0v) is 8.16. The summed E-state index contributed by atoms with van der Waals surface area (Å²) in [6.45, 7) is 1.38. The summed E-state index contributed by atoms with van der Waals surface area (Å²) in [5, 5.41) is 13.2. The van der Waals surface area contributed by atoms with E-state index in [9.17, 15) is 5.11 Å². The summed E-state index contributed by atoms with van der Waals surface area (Å²) in [4.78, 5) is 0. The monoisotopic (exact) mass is 189 g/mol. The molecule has 14 heavy (non-hydrogen) atoms. The van der Waals surface area contributed by atoms with E-state index < -0.39 is 5.60 Å². The van der Waals surface area contributed by atoms with Gasteiger partial charge in [-0.1, -0.05) is 24.3 Å². The second-order valence-corrected chi connectivity index (χ2v) is 4.53. The molecule has 2 nitrogen and oxygen atoms in total. The Morgan fingerprint density at radius 2 is 1.79 bits per heavy atom. The van der Waals surface area contributed by atoms with Gasteiger partial charge < -0.3 is 10.4 Å². The Kier molecular flexibility index (Phi) is 1.70. The Morgan fingerprint density at radius 1 is 1.14 bits per heavy atom. The normalized spacial score (nSPS) is 24.4. The van der Waals surface area contributed by atoms with Crippen molar-refractivity contribution in [3.63, 3.8) is 0 Å². The van der Waals surface area contributed by atoms with Crippen LogP contribution in [0.2, 0.25) is 0 Å². The van der Waals surface area contributed by atoms with Crippen molar-refractivity contribution < 1.29 is 5.11 Å². The van der Waals surface area contributed by atoms with Crippen LogP contribution in [0.3, 0.4) is 0 Å². The lowest BCUT2D eigenvalue weighted by Gasteiger charge is -2.38. The second-order valence-electron chi connectivity index (χ2n) is 4.53. The topological polar surface area (TPSA) is 32.3 Å². The maximum Gasteiger partial charge on any atom is 0.114 e. The van der Waals surface area contributed by atoms with Gasteiger partial charge in [-0.05, 0) is 29.9 Å². The minimum absolute atomic E-state index is 0.595. The third kappa shape index (κ3) is 1.26. The Morgan fingerprint density at radius 3 is 2.21 bits per heavy atom. The van der Waals surface area contributed by atoms with E-state index >= 15 is 0 Å². The van der Waals surface area contributed by atoms with Gasteiger partial charge in [0.2, 0.25) is 0 Å². The van der Waals surface area contributed by atoms with Gasteiger partial charge in [0, 0.05) is 13.1 Å². The average Bonchev–Trinajstić information content (AvgIpc) is 2.98. The molecule has 1 aliphatic carbocycles. The first-order chi connectivity index (χ1) is 6.78. The first kappa shape index (κ1) is 8.45. The fourth-order valence-corrected chi connectivity index (χ4v) is 2.05. The van der Waals surface area contributed by atoms with Crippen molar-refractivity contribution in [3.8, 4) is 0 Å². The van der Waals surface area contributed by atoms with Gasteiger partial charge in [-0.25, -0.2) is 0 Å². The predicted molar refractivity (Wildman–Crippen MR) is 55.2 cm³/mol. The van der Waals surface area contributed by atoms with E-state index in [2.05, 4.69) is 29.6 Å². The maximum atomic E-state index is 10.1. The molecular formula is C12H15NO. The molecule has 1 heterocycles. The van der Waals surface area contributed by atoms with Gasteiger partial charge >= 0.3 is 0 Å².